The van der Waals surface area contributed by atoms with E-state index in [9.17, 15) is 0 Å². The number of hydrogen-bond donors (Lipinski definition) is 0. The van der Waals surface area contributed by atoms with Crippen LogP contribution in [0.2, 0.25) is 0 Å². The summed E-state index contributed by atoms with van der Waals surface area (Å²) in [6, 6.07) is 38.2. The Morgan fingerprint density at radius 1 is 0.465 bits per heavy atom. The van der Waals surface area contributed by atoms with Crippen LogP contribution in [0.4, 0.5) is 17.1 Å². The van der Waals surface area contributed by atoms with Crippen molar-refractivity contribution in [1.29, 1.82) is 0 Å². The zero-order valence-corrected chi connectivity index (χ0v) is 24.8. The number of para-hydroxylation sites is 2. The summed E-state index contributed by atoms with van der Waals surface area (Å²) in [6.45, 7) is 9.40. The third kappa shape index (κ3) is 3.14. The van der Waals surface area contributed by atoms with Crippen molar-refractivity contribution >= 4 is 49.6 Å². The second-order valence-corrected chi connectivity index (χ2v) is 13.1. The Morgan fingerprint density at radius 2 is 1.02 bits per heavy atom. The van der Waals surface area contributed by atoms with E-state index < -0.39 is 0 Å². The van der Waals surface area contributed by atoms with Crippen LogP contribution in [0, 0.1) is 0 Å². The SMILES string of the molecule is CC1(C)c2ccc(N3c4ccccc4C(C)(C)c4ccccc43)cc2-c2cc3c(cc21)c1ccccc1c1nccnc31. The van der Waals surface area contributed by atoms with Crippen LogP contribution in [0.25, 0.3) is 43.7 Å². The monoisotopic (exact) mass is 553 g/mol. The molecule has 0 radical (unpaired) electrons. The van der Waals surface area contributed by atoms with E-state index in [1.807, 2.05) is 6.20 Å². The first-order valence-electron chi connectivity index (χ1n) is 15.1. The highest BCUT2D eigenvalue weighted by molar-refractivity contribution is 6.24. The van der Waals surface area contributed by atoms with Crippen molar-refractivity contribution in [1.82, 2.24) is 9.97 Å². The third-order valence-corrected chi connectivity index (χ3v) is 10.1. The summed E-state index contributed by atoms with van der Waals surface area (Å²) >= 11 is 0. The van der Waals surface area contributed by atoms with Gasteiger partial charge in [0.25, 0.3) is 0 Å². The fourth-order valence-electron chi connectivity index (χ4n) is 7.95. The standard InChI is InChI=1S/C40H31N3/c1-39(2)31-18-17-24(43-35-15-9-7-13-32(35)40(3,4)33-14-8-10-16-36(33)43)21-28(31)29-22-30-27(23-34(29)39)25-11-5-6-12-26(25)37-38(30)42-20-19-41-37/h5-23H,1-4H3. The molecule has 1 aromatic heterocycles. The molecule has 7 aromatic rings. The average Bonchev–Trinajstić information content (AvgIpc) is 3.26. The molecule has 0 bridgehead atoms. The van der Waals surface area contributed by atoms with Crippen molar-refractivity contribution in [2.24, 2.45) is 0 Å². The molecule has 2 heterocycles. The largest absolute Gasteiger partial charge is 0.310 e. The summed E-state index contributed by atoms with van der Waals surface area (Å²) in [5, 5.41) is 4.78. The maximum absolute atomic E-state index is 4.86. The van der Waals surface area contributed by atoms with Gasteiger partial charge in [-0.3, -0.25) is 9.97 Å². The van der Waals surface area contributed by atoms with Gasteiger partial charge in [-0.15, -0.1) is 0 Å². The number of rotatable bonds is 1. The predicted molar refractivity (Wildman–Crippen MR) is 179 cm³/mol. The molecule has 1 aliphatic heterocycles. The van der Waals surface area contributed by atoms with Gasteiger partial charge in [-0.2, -0.15) is 0 Å². The molecule has 0 atom stereocenters. The predicted octanol–water partition coefficient (Wildman–Crippen LogP) is 10.4. The van der Waals surface area contributed by atoms with Crippen molar-refractivity contribution in [2.75, 3.05) is 4.90 Å². The Balaban J connectivity index is 1.33. The fraction of sp³-hybridized carbons (Fsp3) is 0.150. The van der Waals surface area contributed by atoms with E-state index in [-0.39, 0.29) is 10.8 Å². The van der Waals surface area contributed by atoms with Gasteiger partial charge in [-0.25, -0.2) is 0 Å². The van der Waals surface area contributed by atoms with E-state index in [1.165, 1.54) is 61.2 Å². The first-order chi connectivity index (χ1) is 20.9. The van der Waals surface area contributed by atoms with E-state index in [0.29, 0.717) is 0 Å². The topological polar surface area (TPSA) is 29.0 Å². The molecule has 0 saturated heterocycles. The lowest BCUT2D eigenvalue weighted by Gasteiger charge is -2.42. The number of aromatic nitrogens is 2. The van der Waals surface area contributed by atoms with Crippen molar-refractivity contribution in [3.05, 3.63) is 138 Å². The van der Waals surface area contributed by atoms with E-state index >= 15 is 0 Å². The van der Waals surface area contributed by atoms with E-state index in [2.05, 4.69) is 136 Å². The van der Waals surface area contributed by atoms with Crippen LogP contribution in [-0.4, -0.2) is 9.97 Å². The minimum Gasteiger partial charge on any atom is -0.310 e. The summed E-state index contributed by atoms with van der Waals surface area (Å²) in [5.41, 5.74) is 13.4. The van der Waals surface area contributed by atoms with Gasteiger partial charge in [0.05, 0.1) is 22.4 Å². The lowest BCUT2D eigenvalue weighted by molar-refractivity contribution is 0.632. The zero-order valence-electron chi connectivity index (χ0n) is 24.8. The van der Waals surface area contributed by atoms with Crippen LogP contribution >= 0.6 is 0 Å². The molecule has 6 aromatic carbocycles. The molecule has 0 amide bonds. The highest BCUT2D eigenvalue weighted by atomic mass is 15.2. The molecule has 2 aliphatic rings. The van der Waals surface area contributed by atoms with Gasteiger partial charge in [0.1, 0.15) is 0 Å². The summed E-state index contributed by atoms with van der Waals surface area (Å²) in [7, 11) is 0. The molecule has 0 unspecified atom stereocenters. The summed E-state index contributed by atoms with van der Waals surface area (Å²) in [6.07, 6.45) is 3.61. The van der Waals surface area contributed by atoms with Crippen molar-refractivity contribution in [3.63, 3.8) is 0 Å². The summed E-state index contributed by atoms with van der Waals surface area (Å²) in [4.78, 5) is 12.1. The zero-order chi connectivity index (χ0) is 29.1. The van der Waals surface area contributed by atoms with Crippen LogP contribution < -0.4 is 4.90 Å². The van der Waals surface area contributed by atoms with Crippen LogP contribution in [0.15, 0.2) is 116 Å². The maximum atomic E-state index is 4.86. The molecule has 43 heavy (non-hydrogen) atoms. The van der Waals surface area contributed by atoms with Gasteiger partial charge in [0, 0.05) is 39.7 Å². The number of benzene rings is 6. The minimum absolute atomic E-state index is 0.0845. The molecule has 3 heteroatoms. The molecular weight excluding hydrogens is 522 g/mol. The van der Waals surface area contributed by atoms with E-state index in [0.717, 1.165) is 21.8 Å². The first kappa shape index (κ1) is 24.6. The number of nitrogens with zero attached hydrogens (tertiary/aromatic N) is 3. The van der Waals surface area contributed by atoms with Gasteiger partial charge in [0.2, 0.25) is 0 Å². The Morgan fingerprint density at radius 3 is 1.72 bits per heavy atom. The molecule has 0 fully saturated rings. The third-order valence-electron chi connectivity index (χ3n) is 10.1. The Hall–Kier alpha value is -5.02. The van der Waals surface area contributed by atoms with Crippen LogP contribution in [0.5, 0.6) is 0 Å². The van der Waals surface area contributed by atoms with Crippen LogP contribution in [-0.2, 0) is 10.8 Å². The molecular formula is C40H31N3. The molecule has 0 spiro atoms. The van der Waals surface area contributed by atoms with Crippen molar-refractivity contribution in [3.8, 4) is 11.1 Å². The first-order valence-corrected chi connectivity index (χ1v) is 15.1. The van der Waals surface area contributed by atoms with Gasteiger partial charge in [-0.05, 0) is 80.6 Å². The molecule has 3 nitrogen and oxygen atoms in total. The number of fused-ring (bicyclic) bond motifs is 11. The lowest BCUT2D eigenvalue weighted by atomic mass is 9.73. The van der Waals surface area contributed by atoms with Crippen molar-refractivity contribution < 1.29 is 0 Å². The normalized spacial score (nSPS) is 15.8. The van der Waals surface area contributed by atoms with Crippen LogP contribution in [0.1, 0.15) is 49.9 Å². The number of hydrogen-bond acceptors (Lipinski definition) is 3. The van der Waals surface area contributed by atoms with E-state index in [1.54, 1.807) is 6.20 Å². The molecule has 0 N–H and O–H groups in total. The fourth-order valence-corrected chi connectivity index (χ4v) is 7.95. The second-order valence-electron chi connectivity index (χ2n) is 13.1. The van der Waals surface area contributed by atoms with Crippen LogP contribution in [0.3, 0.4) is 0 Å². The van der Waals surface area contributed by atoms with Gasteiger partial charge >= 0.3 is 0 Å². The molecule has 9 rings (SSSR count). The quantitative estimate of drug-likeness (QED) is 0.189. The Labute approximate surface area is 251 Å². The highest BCUT2D eigenvalue weighted by Gasteiger charge is 2.39. The summed E-state index contributed by atoms with van der Waals surface area (Å²) in [5.74, 6) is 0. The molecule has 206 valence electrons. The Bertz CT molecular complexity index is 2260. The smallest absolute Gasteiger partial charge is 0.0971 e. The van der Waals surface area contributed by atoms with Crippen molar-refractivity contribution in [2.45, 2.75) is 38.5 Å². The maximum Gasteiger partial charge on any atom is 0.0971 e. The highest BCUT2D eigenvalue weighted by Crippen LogP contribution is 2.55. The lowest BCUT2D eigenvalue weighted by Crippen LogP contribution is -2.30. The Kier molecular flexibility index (Phi) is 4.74. The van der Waals surface area contributed by atoms with Gasteiger partial charge in [-0.1, -0.05) is 94.4 Å². The van der Waals surface area contributed by atoms with Gasteiger partial charge < -0.3 is 4.90 Å². The molecule has 0 saturated carbocycles. The second kappa shape index (κ2) is 8.29. The average molecular weight is 554 g/mol. The van der Waals surface area contributed by atoms with Gasteiger partial charge in [0.15, 0.2) is 0 Å². The molecule has 1 aliphatic carbocycles. The minimum atomic E-state index is -0.129. The number of anilines is 3. The van der Waals surface area contributed by atoms with E-state index in [4.69, 9.17) is 9.97 Å². The summed E-state index contributed by atoms with van der Waals surface area (Å²) < 4.78 is 0.